The smallest absolute Gasteiger partial charge is 0.327 e. The third kappa shape index (κ3) is 3.85. The molecule has 6 nitrogen and oxygen atoms in total. The van der Waals surface area contributed by atoms with Gasteiger partial charge in [-0.05, 0) is 46.0 Å². The first-order valence-electron chi connectivity index (χ1n) is 9.63. The Balaban J connectivity index is 2.20. The maximum Gasteiger partial charge on any atom is 0.327 e. The number of piperidine rings is 1. The van der Waals surface area contributed by atoms with Crippen LogP contribution in [-0.4, -0.2) is 77.6 Å². The molecular formula is C19H35N3O3. The second-order valence-corrected chi connectivity index (χ2v) is 8.26. The topological polar surface area (TPSA) is 53.1 Å². The summed E-state index contributed by atoms with van der Waals surface area (Å²) in [5.74, 6) is 0.519. The number of ether oxygens (including phenoxy) is 1. The fraction of sp³-hybridized carbons (Fsp3) is 0.895. The first-order chi connectivity index (χ1) is 11.7. The van der Waals surface area contributed by atoms with Gasteiger partial charge in [-0.15, -0.1) is 0 Å². The van der Waals surface area contributed by atoms with Crippen molar-refractivity contribution < 1.29 is 14.3 Å². The molecule has 1 spiro atoms. The third-order valence-electron chi connectivity index (χ3n) is 5.67. The minimum atomic E-state index is -0.639. The van der Waals surface area contributed by atoms with Crippen LogP contribution in [0, 0.1) is 5.92 Å². The third-order valence-corrected chi connectivity index (χ3v) is 5.67. The van der Waals surface area contributed by atoms with Crippen LogP contribution in [0.5, 0.6) is 0 Å². The molecule has 2 aliphatic rings. The number of urea groups is 1. The van der Waals surface area contributed by atoms with E-state index in [-0.39, 0.29) is 18.0 Å². The first kappa shape index (κ1) is 20.2. The SMILES string of the molecule is COC[C@H](C)N1CCC2(CC1)C(=O)N(C(C)C)C(=O)N2CCC(C)C. The van der Waals surface area contributed by atoms with Crippen molar-refractivity contribution in [2.45, 2.75) is 71.5 Å². The Morgan fingerprint density at radius 3 is 2.16 bits per heavy atom. The molecule has 0 unspecified atom stereocenters. The van der Waals surface area contributed by atoms with Crippen LogP contribution in [0.3, 0.4) is 0 Å². The predicted molar refractivity (Wildman–Crippen MR) is 98.4 cm³/mol. The highest BCUT2D eigenvalue weighted by atomic mass is 16.5. The largest absolute Gasteiger partial charge is 0.383 e. The van der Waals surface area contributed by atoms with E-state index < -0.39 is 5.54 Å². The molecule has 2 rings (SSSR count). The molecule has 6 heteroatoms. The van der Waals surface area contributed by atoms with Crippen molar-refractivity contribution in [1.29, 1.82) is 0 Å². The van der Waals surface area contributed by atoms with Gasteiger partial charge in [0, 0.05) is 38.8 Å². The average Bonchev–Trinajstić information content (AvgIpc) is 2.74. The maximum atomic E-state index is 13.2. The van der Waals surface area contributed by atoms with E-state index >= 15 is 0 Å². The molecular weight excluding hydrogens is 318 g/mol. The van der Waals surface area contributed by atoms with Gasteiger partial charge in [-0.1, -0.05) is 13.8 Å². The molecule has 0 aromatic carbocycles. The molecule has 2 fully saturated rings. The van der Waals surface area contributed by atoms with Gasteiger partial charge in [0.2, 0.25) is 0 Å². The highest BCUT2D eigenvalue weighted by Crippen LogP contribution is 2.39. The van der Waals surface area contributed by atoms with E-state index in [1.54, 1.807) is 7.11 Å². The molecule has 0 bridgehead atoms. The predicted octanol–water partition coefficient (Wildman–Crippen LogP) is 2.57. The molecule has 0 aromatic rings. The summed E-state index contributed by atoms with van der Waals surface area (Å²) in [5.41, 5.74) is -0.639. The van der Waals surface area contributed by atoms with Crippen LogP contribution in [-0.2, 0) is 9.53 Å². The van der Waals surface area contributed by atoms with Gasteiger partial charge in [0.1, 0.15) is 5.54 Å². The van der Waals surface area contributed by atoms with Crippen LogP contribution in [0.2, 0.25) is 0 Å². The van der Waals surface area contributed by atoms with Gasteiger partial charge < -0.3 is 9.64 Å². The highest BCUT2D eigenvalue weighted by molar-refractivity contribution is 6.07. The standard InChI is InChI=1S/C19H35N3O3/c1-14(2)7-10-21-18(24)22(15(3)4)17(23)19(21)8-11-20(12-9-19)16(5)13-25-6/h14-16H,7-13H2,1-6H3/t16-/m0/s1. The summed E-state index contributed by atoms with van der Waals surface area (Å²) in [7, 11) is 1.72. The van der Waals surface area contributed by atoms with Crippen molar-refractivity contribution in [2.75, 3.05) is 33.4 Å². The van der Waals surface area contributed by atoms with Gasteiger partial charge in [-0.25, -0.2) is 4.79 Å². The lowest BCUT2D eigenvalue weighted by atomic mass is 9.85. The van der Waals surface area contributed by atoms with Crippen molar-refractivity contribution in [3.8, 4) is 0 Å². The van der Waals surface area contributed by atoms with E-state index in [0.29, 0.717) is 38.0 Å². The molecule has 1 atom stereocenters. The number of imide groups is 1. The van der Waals surface area contributed by atoms with E-state index in [1.165, 1.54) is 4.90 Å². The number of amides is 3. The summed E-state index contributed by atoms with van der Waals surface area (Å²) in [6.45, 7) is 13.3. The summed E-state index contributed by atoms with van der Waals surface area (Å²) in [4.78, 5) is 31.9. The minimum absolute atomic E-state index is 0.00954. The van der Waals surface area contributed by atoms with Crippen molar-refractivity contribution in [3.05, 3.63) is 0 Å². The zero-order valence-electron chi connectivity index (χ0n) is 16.7. The molecule has 25 heavy (non-hydrogen) atoms. The van der Waals surface area contributed by atoms with Gasteiger partial charge >= 0.3 is 6.03 Å². The molecule has 0 aromatic heterocycles. The number of nitrogens with zero attached hydrogens (tertiary/aromatic N) is 3. The molecule has 2 aliphatic heterocycles. The molecule has 3 amide bonds. The van der Waals surface area contributed by atoms with E-state index in [9.17, 15) is 9.59 Å². The molecule has 0 N–H and O–H groups in total. The van der Waals surface area contributed by atoms with Crippen molar-refractivity contribution in [3.63, 3.8) is 0 Å². The van der Waals surface area contributed by atoms with Crippen LogP contribution in [0.1, 0.15) is 53.9 Å². The van der Waals surface area contributed by atoms with Crippen LogP contribution in [0.25, 0.3) is 0 Å². The lowest BCUT2D eigenvalue weighted by molar-refractivity contribution is -0.137. The Hall–Kier alpha value is -1.14. The normalized spacial score (nSPS) is 22.7. The summed E-state index contributed by atoms with van der Waals surface area (Å²) >= 11 is 0. The minimum Gasteiger partial charge on any atom is -0.383 e. The monoisotopic (exact) mass is 353 g/mol. The van der Waals surface area contributed by atoms with Crippen LogP contribution in [0.4, 0.5) is 4.79 Å². The van der Waals surface area contributed by atoms with Gasteiger partial charge in [0.15, 0.2) is 0 Å². The molecule has 144 valence electrons. The fourth-order valence-electron chi connectivity index (χ4n) is 4.06. The van der Waals surface area contributed by atoms with Gasteiger partial charge in [0.25, 0.3) is 5.91 Å². The van der Waals surface area contributed by atoms with E-state index in [2.05, 4.69) is 25.7 Å². The number of hydrogen-bond acceptors (Lipinski definition) is 4. The summed E-state index contributed by atoms with van der Waals surface area (Å²) < 4.78 is 5.27. The zero-order chi connectivity index (χ0) is 18.8. The Bertz CT molecular complexity index is 484. The Morgan fingerprint density at radius 2 is 1.68 bits per heavy atom. The molecule has 0 radical (unpaired) electrons. The molecule has 2 heterocycles. The quantitative estimate of drug-likeness (QED) is 0.660. The number of methoxy groups -OCH3 is 1. The van der Waals surface area contributed by atoms with Gasteiger partial charge in [-0.3, -0.25) is 14.6 Å². The molecule has 0 aliphatic carbocycles. The lowest BCUT2D eigenvalue weighted by Crippen LogP contribution is -2.58. The maximum absolute atomic E-state index is 13.2. The second kappa shape index (κ2) is 8.04. The van der Waals surface area contributed by atoms with E-state index in [4.69, 9.17) is 4.74 Å². The van der Waals surface area contributed by atoms with Gasteiger partial charge in [-0.2, -0.15) is 0 Å². The number of carbonyl (C=O) groups is 2. The van der Waals surface area contributed by atoms with Gasteiger partial charge in [0.05, 0.1) is 6.61 Å². The number of rotatable bonds is 7. The van der Waals surface area contributed by atoms with E-state index in [0.717, 1.165) is 19.5 Å². The van der Waals surface area contributed by atoms with E-state index in [1.807, 2.05) is 18.7 Å². The Labute approximate surface area is 152 Å². The van der Waals surface area contributed by atoms with Crippen molar-refractivity contribution >= 4 is 11.9 Å². The average molecular weight is 354 g/mol. The van der Waals surface area contributed by atoms with Crippen LogP contribution in [0.15, 0.2) is 0 Å². The second-order valence-electron chi connectivity index (χ2n) is 8.26. The van der Waals surface area contributed by atoms with Crippen LogP contribution < -0.4 is 0 Å². The van der Waals surface area contributed by atoms with Crippen LogP contribution >= 0.6 is 0 Å². The fourth-order valence-corrected chi connectivity index (χ4v) is 4.06. The first-order valence-corrected chi connectivity index (χ1v) is 9.63. The summed E-state index contributed by atoms with van der Waals surface area (Å²) in [6, 6.07) is 0.144. The molecule has 0 saturated carbocycles. The zero-order valence-corrected chi connectivity index (χ0v) is 16.7. The number of carbonyl (C=O) groups excluding carboxylic acids is 2. The lowest BCUT2D eigenvalue weighted by Gasteiger charge is -2.44. The summed E-state index contributed by atoms with van der Waals surface area (Å²) in [6.07, 6.45) is 2.36. The Morgan fingerprint density at radius 1 is 1.08 bits per heavy atom. The Kier molecular flexibility index (Phi) is 6.49. The number of hydrogen-bond donors (Lipinski definition) is 0. The van der Waals surface area contributed by atoms with Crippen molar-refractivity contribution in [1.82, 2.24) is 14.7 Å². The highest BCUT2D eigenvalue weighted by Gasteiger charge is 2.58. The van der Waals surface area contributed by atoms with Crippen molar-refractivity contribution in [2.24, 2.45) is 5.92 Å². The summed E-state index contributed by atoms with van der Waals surface area (Å²) in [5, 5.41) is 0. The molecule has 2 saturated heterocycles. The number of likely N-dealkylation sites (tertiary alicyclic amines) is 1.